The van der Waals surface area contributed by atoms with E-state index in [9.17, 15) is 4.79 Å². The van der Waals surface area contributed by atoms with E-state index in [4.69, 9.17) is 16.3 Å². The molecule has 0 fully saturated rings. The molecule has 1 atom stereocenters. The fourth-order valence-electron chi connectivity index (χ4n) is 1.60. The summed E-state index contributed by atoms with van der Waals surface area (Å²) in [6.07, 6.45) is 0. The van der Waals surface area contributed by atoms with Crippen molar-refractivity contribution in [3.8, 4) is 5.75 Å². The molecule has 1 aromatic heterocycles. The number of thioether (sulfide) groups is 1. The lowest BCUT2D eigenvalue weighted by Crippen LogP contribution is -2.22. The molecule has 2 N–H and O–H groups in total. The standard InChI is InChI=1S/C13H15ClN4O2S/c1-7(21-13-15-8(2)17-18-13)12(19)16-10-6-9(14)4-5-11(10)20-3/h4-7H,1-3H3,(H,16,19)(H,15,17,18)/t7-/m1/s1. The molecule has 1 amide bonds. The van der Waals surface area contributed by atoms with Crippen molar-refractivity contribution >= 4 is 35.0 Å². The minimum absolute atomic E-state index is 0.178. The highest BCUT2D eigenvalue weighted by molar-refractivity contribution is 8.00. The molecule has 8 heteroatoms. The molecule has 0 aliphatic heterocycles. The van der Waals surface area contributed by atoms with E-state index < -0.39 is 0 Å². The number of ether oxygens (including phenoxy) is 1. The highest BCUT2D eigenvalue weighted by atomic mass is 35.5. The van der Waals surface area contributed by atoms with Crippen LogP contribution in [0.3, 0.4) is 0 Å². The molecule has 6 nitrogen and oxygen atoms in total. The Labute approximate surface area is 131 Å². The van der Waals surface area contributed by atoms with Gasteiger partial charge in [0, 0.05) is 5.02 Å². The quantitative estimate of drug-likeness (QED) is 0.826. The Bertz CT molecular complexity index is 647. The van der Waals surface area contributed by atoms with Gasteiger partial charge in [-0.3, -0.25) is 9.89 Å². The zero-order valence-corrected chi connectivity index (χ0v) is 13.4. The minimum Gasteiger partial charge on any atom is -0.495 e. The minimum atomic E-state index is -0.358. The average Bonchev–Trinajstić information content (AvgIpc) is 2.84. The number of aromatic nitrogens is 3. The monoisotopic (exact) mass is 326 g/mol. The number of carbonyl (C=O) groups is 1. The molecule has 2 rings (SSSR count). The number of carbonyl (C=O) groups excluding carboxylic acids is 1. The average molecular weight is 327 g/mol. The van der Waals surface area contributed by atoms with Crippen molar-refractivity contribution in [1.29, 1.82) is 0 Å². The van der Waals surface area contributed by atoms with Gasteiger partial charge in [0.05, 0.1) is 18.0 Å². The van der Waals surface area contributed by atoms with Gasteiger partial charge in [0.1, 0.15) is 11.6 Å². The maximum Gasteiger partial charge on any atom is 0.237 e. The van der Waals surface area contributed by atoms with Gasteiger partial charge in [-0.2, -0.15) is 0 Å². The highest BCUT2D eigenvalue weighted by Gasteiger charge is 2.18. The number of anilines is 1. The number of H-pyrrole nitrogens is 1. The van der Waals surface area contributed by atoms with Gasteiger partial charge in [-0.15, -0.1) is 5.10 Å². The van der Waals surface area contributed by atoms with Gasteiger partial charge >= 0.3 is 0 Å². The first-order valence-corrected chi connectivity index (χ1v) is 7.45. The van der Waals surface area contributed by atoms with Crippen LogP contribution in [0.5, 0.6) is 5.75 Å². The first-order chi connectivity index (χ1) is 9.99. The number of nitrogens with zero attached hydrogens (tertiary/aromatic N) is 2. The summed E-state index contributed by atoms with van der Waals surface area (Å²) >= 11 is 7.20. The van der Waals surface area contributed by atoms with Crippen LogP contribution in [0.15, 0.2) is 23.4 Å². The largest absolute Gasteiger partial charge is 0.495 e. The summed E-state index contributed by atoms with van der Waals surface area (Å²) in [5, 5.41) is 10.2. The second kappa shape index (κ2) is 6.82. The third-order valence-corrected chi connectivity index (χ3v) is 3.84. The summed E-state index contributed by atoms with van der Waals surface area (Å²) in [6.45, 7) is 3.58. The second-order valence-electron chi connectivity index (χ2n) is 4.30. The van der Waals surface area contributed by atoms with Gasteiger partial charge in [-0.1, -0.05) is 23.4 Å². The summed E-state index contributed by atoms with van der Waals surface area (Å²) in [4.78, 5) is 16.4. The van der Waals surface area contributed by atoms with Crippen LogP contribution in [0.1, 0.15) is 12.7 Å². The van der Waals surface area contributed by atoms with Crippen molar-refractivity contribution in [3.05, 3.63) is 29.0 Å². The Balaban J connectivity index is 2.05. The van der Waals surface area contributed by atoms with E-state index >= 15 is 0 Å². The summed E-state index contributed by atoms with van der Waals surface area (Å²) in [6, 6.07) is 5.05. The fraction of sp³-hybridized carbons (Fsp3) is 0.308. The number of aromatic amines is 1. The third kappa shape index (κ3) is 4.12. The first kappa shape index (κ1) is 15.7. The molecule has 0 saturated heterocycles. The third-order valence-electron chi connectivity index (χ3n) is 2.65. The van der Waals surface area contributed by atoms with Crippen LogP contribution in [-0.4, -0.2) is 33.4 Å². The summed E-state index contributed by atoms with van der Waals surface area (Å²) in [7, 11) is 1.54. The van der Waals surface area contributed by atoms with Crippen molar-refractivity contribution in [1.82, 2.24) is 15.2 Å². The molecule has 0 bridgehead atoms. The number of hydrogen-bond acceptors (Lipinski definition) is 5. The molecule has 0 radical (unpaired) electrons. The van der Waals surface area contributed by atoms with Crippen LogP contribution < -0.4 is 10.1 Å². The van der Waals surface area contributed by atoms with Crippen LogP contribution in [0.2, 0.25) is 5.02 Å². The maximum absolute atomic E-state index is 12.2. The smallest absolute Gasteiger partial charge is 0.237 e. The zero-order valence-electron chi connectivity index (χ0n) is 11.8. The van der Waals surface area contributed by atoms with Gasteiger partial charge < -0.3 is 10.1 Å². The molecule has 0 spiro atoms. The van der Waals surface area contributed by atoms with Gasteiger partial charge in [0.2, 0.25) is 11.1 Å². The lowest BCUT2D eigenvalue weighted by molar-refractivity contribution is -0.115. The number of halogens is 1. The molecular formula is C13H15ClN4O2S. The fourth-order valence-corrected chi connectivity index (χ4v) is 2.54. The lowest BCUT2D eigenvalue weighted by atomic mass is 10.3. The number of aryl methyl sites for hydroxylation is 1. The predicted octanol–water partition coefficient (Wildman–Crippen LogP) is 2.89. The van der Waals surface area contributed by atoms with E-state index in [-0.39, 0.29) is 11.2 Å². The highest BCUT2D eigenvalue weighted by Crippen LogP contribution is 2.29. The van der Waals surface area contributed by atoms with Crippen LogP contribution >= 0.6 is 23.4 Å². The van der Waals surface area contributed by atoms with E-state index in [2.05, 4.69) is 20.5 Å². The molecule has 1 aromatic carbocycles. The Morgan fingerprint density at radius 2 is 2.29 bits per heavy atom. The van der Waals surface area contributed by atoms with Gasteiger partial charge in [0.15, 0.2) is 0 Å². The van der Waals surface area contributed by atoms with Crippen molar-refractivity contribution in [2.24, 2.45) is 0 Å². The molecule has 112 valence electrons. The molecule has 21 heavy (non-hydrogen) atoms. The van der Waals surface area contributed by atoms with Crippen molar-refractivity contribution in [3.63, 3.8) is 0 Å². The Hall–Kier alpha value is -1.73. The molecule has 0 saturated carbocycles. The number of benzene rings is 1. The van der Waals surface area contributed by atoms with E-state index in [1.54, 1.807) is 32.0 Å². The summed E-state index contributed by atoms with van der Waals surface area (Å²) in [5.74, 6) is 1.09. The van der Waals surface area contributed by atoms with Gasteiger partial charge in [0.25, 0.3) is 0 Å². The van der Waals surface area contributed by atoms with Crippen molar-refractivity contribution in [2.75, 3.05) is 12.4 Å². The number of nitrogens with one attached hydrogen (secondary N) is 2. The SMILES string of the molecule is COc1ccc(Cl)cc1NC(=O)[C@@H](C)Sc1n[nH]c(C)n1. The molecule has 2 aromatic rings. The molecule has 0 aliphatic carbocycles. The van der Waals surface area contributed by atoms with Gasteiger partial charge in [-0.25, -0.2) is 4.98 Å². The van der Waals surface area contributed by atoms with E-state index in [1.807, 2.05) is 0 Å². The van der Waals surface area contributed by atoms with Crippen LogP contribution in [0.4, 0.5) is 5.69 Å². The van der Waals surface area contributed by atoms with E-state index in [0.29, 0.717) is 27.4 Å². The van der Waals surface area contributed by atoms with Gasteiger partial charge in [-0.05, 0) is 32.0 Å². The van der Waals surface area contributed by atoms with Crippen molar-refractivity contribution < 1.29 is 9.53 Å². The molecule has 1 heterocycles. The predicted molar refractivity (Wildman–Crippen MR) is 83.1 cm³/mol. The second-order valence-corrected chi connectivity index (χ2v) is 6.04. The van der Waals surface area contributed by atoms with Crippen LogP contribution in [0, 0.1) is 6.92 Å². The van der Waals surface area contributed by atoms with Crippen LogP contribution in [0.25, 0.3) is 0 Å². The lowest BCUT2D eigenvalue weighted by Gasteiger charge is -2.13. The Morgan fingerprint density at radius 3 is 2.90 bits per heavy atom. The zero-order chi connectivity index (χ0) is 15.4. The normalized spacial score (nSPS) is 12.0. The van der Waals surface area contributed by atoms with E-state index in [1.165, 1.54) is 18.9 Å². The number of rotatable bonds is 5. The van der Waals surface area contributed by atoms with Crippen molar-refractivity contribution in [2.45, 2.75) is 24.3 Å². The Kier molecular flexibility index (Phi) is 5.08. The maximum atomic E-state index is 12.2. The Morgan fingerprint density at radius 1 is 1.52 bits per heavy atom. The first-order valence-electron chi connectivity index (χ1n) is 6.19. The molecular weight excluding hydrogens is 312 g/mol. The van der Waals surface area contributed by atoms with E-state index in [0.717, 1.165) is 0 Å². The number of amides is 1. The topological polar surface area (TPSA) is 79.9 Å². The number of hydrogen-bond donors (Lipinski definition) is 2. The number of methoxy groups -OCH3 is 1. The summed E-state index contributed by atoms with van der Waals surface area (Å²) in [5.41, 5.74) is 0.536. The molecule has 0 unspecified atom stereocenters. The summed E-state index contributed by atoms with van der Waals surface area (Å²) < 4.78 is 5.19. The van der Waals surface area contributed by atoms with Crippen LogP contribution in [-0.2, 0) is 4.79 Å². The molecule has 0 aliphatic rings.